The van der Waals surface area contributed by atoms with Crippen molar-refractivity contribution in [3.63, 3.8) is 0 Å². The largest absolute Gasteiger partial charge is 0.385 e. The molecule has 1 N–H and O–H groups in total. The molecule has 1 aromatic rings. The molecule has 1 atom stereocenters. The third-order valence-electron chi connectivity index (χ3n) is 2.40. The molecular formula is C11H17ClN2O. The van der Waals surface area contributed by atoms with Gasteiger partial charge in [0, 0.05) is 32.2 Å². The Hall–Kier alpha value is -0.640. The van der Waals surface area contributed by atoms with Gasteiger partial charge in [-0.3, -0.25) is 4.98 Å². The Bertz CT molecular complexity index is 294. The monoisotopic (exact) mass is 228 g/mol. The van der Waals surface area contributed by atoms with Gasteiger partial charge in [-0.25, -0.2) is 0 Å². The first-order valence-corrected chi connectivity index (χ1v) is 5.40. The van der Waals surface area contributed by atoms with Gasteiger partial charge in [0.2, 0.25) is 0 Å². The highest BCUT2D eigenvalue weighted by molar-refractivity contribution is 6.31. The van der Waals surface area contributed by atoms with Gasteiger partial charge in [0.05, 0.1) is 5.02 Å². The van der Waals surface area contributed by atoms with Crippen LogP contribution in [0.15, 0.2) is 18.5 Å². The number of hydrogen-bond acceptors (Lipinski definition) is 3. The van der Waals surface area contributed by atoms with Crippen LogP contribution in [0.25, 0.3) is 0 Å². The van der Waals surface area contributed by atoms with Crippen molar-refractivity contribution in [3.05, 3.63) is 29.0 Å². The van der Waals surface area contributed by atoms with Crippen LogP contribution in [0.5, 0.6) is 0 Å². The summed E-state index contributed by atoms with van der Waals surface area (Å²) in [6.45, 7) is 0.758. The fourth-order valence-electron chi connectivity index (χ4n) is 1.44. The van der Waals surface area contributed by atoms with Crippen molar-refractivity contribution in [3.8, 4) is 0 Å². The molecule has 4 heteroatoms. The Morgan fingerprint density at radius 2 is 2.40 bits per heavy atom. The van der Waals surface area contributed by atoms with E-state index in [4.69, 9.17) is 16.3 Å². The molecular weight excluding hydrogens is 212 g/mol. The number of rotatable bonds is 6. The van der Waals surface area contributed by atoms with Gasteiger partial charge in [-0.05, 0) is 31.5 Å². The molecule has 0 saturated carbocycles. The first kappa shape index (κ1) is 12.4. The summed E-state index contributed by atoms with van der Waals surface area (Å²) in [7, 11) is 3.67. The lowest BCUT2D eigenvalue weighted by Crippen LogP contribution is -2.29. The lowest BCUT2D eigenvalue weighted by molar-refractivity contribution is 0.184. The summed E-state index contributed by atoms with van der Waals surface area (Å²) in [4.78, 5) is 3.96. The van der Waals surface area contributed by atoms with Gasteiger partial charge >= 0.3 is 0 Å². The number of aromatic nitrogens is 1. The minimum Gasteiger partial charge on any atom is -0.385 e. The molecule has 0 aliphatic heterocycles. The molecule has 15 heavy (non-hydrogen) atoms. The van der Waals surface area contributed by atoms with E-state index in [1.54, 1.807) is 19.5 Å². The second kappa shape index (κ2) is 6.77. The maximum absolute atomic E-state index is 6.04. The van der Waals surface area contributed by atoms with E-state index in [9.17, 15) is 0 Å². The van der Waals surface area contributed by atoms with Crippen LogP contribution < -0.4 is 5.32 Å². The third-order valence-corrected chi connectivity index (χ3v) is 2.74. The van der Waals surface area contributed by atoms with Crippen LogP contribution in [-0.2, 0) is 11.2 Å². The van der Waals surface area contributed by atoms with Gasteiger partial charge in [0.1, 0.15) is 0 Å². The molecule has 0 bridgehead atoms. The zero-order valence-corrected chi connectivity index (χ0v) is 9.92. The Morgan fingerprint density at radius 3 is 3.00 bits per heavy atom. The Morgan fingerprint density at radius 1 is 1.60 bits per heavy atom. The maximum Gasteiger partial charge on any atom is 0.0621 e. The quantitative estimate of drug-likeness (QED) is 0.808. The maximum atomic E-state index is 6.04. The normalized spacial score (nSPS) is 12.7. The smallest absolute Gasteiger partial charge is 0.0621 e. The van der Waals surface area contributed by atoms with E-state index >= 15 is 0 Å². The molecule has 0 amide bonds. The SMILES string of the molecule is CNC(CCOC)Cc1ccncc1Cl. The van der Waals surface area contributed by atoms with Gasteiger partial charge in [-0.15, -0.1) is 0 Å². The van der Waals surface area contributed by atoms with Crippen LogP contribution in [0.3, 0.4) is 0 Å². The number of nitrogens with zero attached hydrogens (tertiary/aromatic N) is 1. The van der Waals surface area contributed by atoms with E-state index in [0.717, 1.165) is 30.0 Å². The van der Waals surface area contributed by atoms with Crippen molar-refractivity contribution in [2.45, 2.75) is 18.9 Å². The number of nitrogens with one attached hydrogen (secondary N) is 1. The van der Waals surface area contributed by atoms with E-state index in [2.05, 4.69) is 10.3 Å². The van der Waals surface area contributed by atoms with Crippen LogP contribution in [-0.4, -0.2) is 31.8 Å². The molecule has 1 aromatic heterocycles. The Labute approximate surface area is 95.8 Å². The number of methoxy groups -OCH3 is 1. The van der Waals surface area contributed by atoms with E-state index in [1.807, 2.05) is 13.1 Å². The summed E-state index contributed by atoms with van der Waals surface area (Å²) in [6.07, 6.45) is 5.33. The number of ether oxygens (including phenoxy) is 1. The lowest BCUT2D eigenvalue weighted by atomic mass is 10.1. The number of hydrogen-bond donors (Lipinski definition) is 1. The summed E-state index contributed by atoms with van der Waals surface area (Å²) in [5, 5.41) is 3.99. The fraction of sp³-hybridized carbons (Fsp3) is 0.545. The van der Waals surface area contributed by atoms with Crippen molar-refractivity contribution in [2.24, 2.45) is 0 Å². The molecule has 0 radical (unpaired) electrons. The highest BCUT2D eigenvalue weighted by Gasteiger charge is 2.09. The van der Waals surface area contributed by atoms with Crippen molar-refractivity contribution >= 4 is 11.6 Å². The molecule has 1 rings (SSSR count). The number of likely N-dealkylation sites (N-methyl/N-ethyl adjacent to an activating group) is 1. The van der Waals surface area contributed by atoms with E-state index < -0.39 is 0 Å². The average molecular weight is 229 g/mol. The van der Waals surface area contributed by atoms with Gasteiger partial charge in [-0.2, -0.15) is 0 Å². The van der Waals surface area contributed by atoms with Gasteiger partial charge < -0.3 is 10.1 Å². The summed E-state index contributed by atoms with van der Waals surface area (Å²) in [6, 6.07) is 2.35. The molecule has 0 fully saturated rings. The Kier molecular flexibility index (Phi) is 5.61. The average Bonchev–Trinajstić information content (AvgIpc) is 2.26. The summed E-state index contributed by atoms with van der Waals surface area (Å²) in [5.74, 6) is 0. The number of pyridine rings is 1. The predicted octanol–water partition coefficient (Wildman–Crippen LogP) is 1.90. The highest BCUT2D eigenvalue weighted by atomic mass is 35.5. The van der Waals surface area contributed by atoms with Crippen LogP contribution in [0, 0.1) is 0 Å². The topological polar surface area (TPSA) is 34.1 Å². The lowest BCUT2D eigenvalue weighted by Gasteiger charge is -2.16. The van der Waals surface area contributed by atoms with E-state index in [-0.39, 0.29) is 0 Å². The molecule has 0 spiro atoms. The van der Waals surface area contributed by atoms with E-state index in [0.29, 0.717) is 6.04 Å². The van der Waals surface area contributed by atoms with Crippen LogP contribution >= 0.6 is 11.6 Å². The molecule has 0 aromatic carbocycles. The zero-order chi connectivity index (χ0) is 11.1. The second-order valence-electron chi connectivity index (χ2n) is 3.44. The molecule has 0 saturated heterocycles. The van der Waals surface area contributed by atoms with Crippen molar-refractivity contribution < 1.29 is 4.74 Å². The summed E-state index contributed by atoms with van der Waals surface area (Å²) < 4.78 is 5.06. The van der Waals surface area contributed by atoms with Crippen molar-refractivity contribution in [2.75, 3.05) is 20.8 Å². The predicted molar refractivity (Wildman–Crippen MR) is 62.3 cm³/mol. The van der Waals surface area contributed by atoms with Gasteiger partial charge in [0.25, 0.3) is 0 Å². The van der Waals surface area contributed by atoms with Crippen molar-refractivity contribution in [1.29, 1.82) is 0 Å². The first-order valence-electron chi connectivity index (χ1n) is 5.02. The minimum absolute atomic E-state index is 0.393. The van der Waals surface area contributed by atoms with Crippen molar-refractivity contribution in [1.82, 2.24) is 10.3 Å². The molecule has 1 heterocycles. The molecule has 3 nitrogen and oxygen atoms in total. The number of halogens is 1. The molecule has 0 aliphatic rings. The fourth-order valence-corrected chi connectivity index (χ4v) is 1.64. The highest BCUT2D eigenvalue weighted by Crippen LogP contribution is 2.16. The third kappa shape index (κ3) is 4.16. The summed E-state index contributed by atoms with van der Waals surface area (Å²) in [5.41, 5.74) is 1.13. The van der Waals surface area contributed by atoms with Crippen LogP contribution in [0.2, 0.25) is 5.02 Å². The van der Waals surface area contributed by atoms with E-state index in [1.165, 1.54) is 0 Å². The standard InChI is InChI=1S/C11H17ClN2O/c1-13-10(4-6-15-2)7-9-3-5-14-8-11(9)12/h3,5,8,10,13H,4,6-7H2,1-2H3. The minimum atomic E-state index is 0.393. The first-order chi connectivity index (χ1) is 7.27. The van der Waals surface area contributed by atoms with Crippen LogP contribution in [0.1, 0.15) is 12.0 Å². The zero-order valence-electron chi connectivity index (χ0n) is 9.16. The summed E-state index contributed by atoms with van der Waals surface area (Å²) >= 11 is 6.04. The van der Waals surface area contributed by atoms with Gasteiger partial charge in [0.15, 0.2) is 0 Å². The van der Waals surface area contributed by atoms with Gasteiger partial charge in [-0.1, -0.05) is 11.6 Å². The molecule has 1 unspecified atom stereocenters. The molecule has 84 valence electrons. The van der Waals surface area contributed by atoms with Crippen LogP contribution in [0.4, 0.5) is 0 Å². The Balaban J connectivity index is 2.54. The molecule has 0 aliphatic carbocycles. The second-order valence-corrected chi connectivity index (χ2v) is 3.85.